The monoisotopic (exact) mass is 642 g/mol. The van der Waals surface area contributed by atoms with Gasteiger partial charge in [0.25, 0.3) is 0 Å². The Balaban J connectivity index is 1.40. The van der Waals surface area contributed by atoms with Crippen LogP contribution in [0.25, 0.3) is 0 Å². The molecule has 4 heterocycles. The fourth-order valence-electron chi connectivity index (χ4n) is 7.72. The van der Waals surface area contributed by atoms with E-state index in [2.05, 4.69) is 106 Å². The van der Waals surface area contributed by atoms with E-state index < -0.39 is 0 Å². The number of piperidine rings is 2. The smallest absolute Gasteiger partial charge is 0.230 e. The zero-order valence-corrected chi connectivity index (χ0v) is 29.3. The third-order valence-corrected chi connectivity index (χ3v) is 8.66. The average Bonchev–Trinajstić information content (AvgIpc) is 2.93. The molecule has 0 atom stereocenters. The Labute approximate surface area is 275 Å². The van der Waals surface area contributed by atoms with Gasteiger partial charge in [-0.3, -0.25) is 0 Å². The van der Waals surface area contributed by atoms with Crippen LogP contribution in [0.4, 0.5) is 23.8 Å². The minimum atomic E-state index is -0.0325. The number of nitrogens with one attached hydrogen (secondary N) is 4. The molecule has 4 rings (SSSR count). The first-order valence-corrected chi connectivity index (χ1v) is 16.8. The number of aliphatic hydroxyl groups is 2. The minimum Gasteiger partial charge on any atom is -0.396 e. The zero-order chi connectivity index (χ0) is 33.6. The van der Waals surface area contributed by atoms with E-state index in [1.54, 1.807) is 12.7 Å². The van der Waals surface area contributed by atoms with Crippen LogP contribution in [-0.4, -0.2) is 114 Å². The standard InChI is InChI=1S/C32H58N12O2/c1-29(2)17-23(18-30(3,4)41-29)43(13-9-15-45)27-37-21-35-25(39-27)33-11-12-34-26-36-22-38-28(40-26)44(14-10-16-46)24-19-31(5,6)42-32(7,8)20-24/h21-24,41-42,45-46H,9-20H2,1-8H3,(H,33,35,37,39)(H,34,36,38,40). The number of aromatic nitrogens is 6. The van der Waals surface area contributed by atoms with E-state index >= 15 is 0 Å². The summed E-state index contributed by atoms with van der Waals surface area (Å²) in [5.41, 5.74) is -0.130. The van der Waals surface area contributed by atoms with Gasteiger partial charge in [-0.05, 0) is 93.9 Å². The Morgan fingerprint density at radius 2 is 0.978 bits per heavy atom. The predicted octanol–water partition coefficient (Wildman–Crippen LogP) is 2.58. The Kier molecular flexibility index (Phi) is 11.6. The molecule has 2 aromatic heterocycles. The van der Waals surface area contributed by atoms with Crippen LogP contribution in [0.3, 0.4) is 0 Å². The first kappa shape index (κ1) is 35.9. The summed E-state index contributed by atoms with van der Waals surface area (Å²) >= 11 is 0. The molecule has 0 amide bonds. The van der Waals surface area contributed by atoms with Crippen LogP contribution in [0.2, 0.25) is 0 Å². The molecule has 6 N–H and O–H groups in total. The number of anilines is 4. The average molecular weight is 643 g/mol. The largest absolute Gasteiger partial charge is 0.396 e. The highest BCUT2D eigenvalue weighted by atomic mass is 16.3. The quantitative estimate of drug-likeness (QED) is 0.157. The molecule has 2 aliphatic rings. The highest BCUT2D eigenvalue weighted by molar-refractivity contribution is 5.40. The second-order valence-corrected chi connectivity index (χ2v) is 15.5. The SMILES string of the molecule is CC1(C)CC(N(CCCO)c2ncnc(NCCNc3ncnc(N(CCCO)C4CC(C)(C)NC(C)(C)C4)n3)n2)CC(C)(C)N1. The molecule has 0 bridgehead atoms. The molecule has 2 aromatic rings. The van der Waals surface area contributed by atoms with Crippen molar-refractivity contribution in [2.24, 2.45) is 0 Å². The van der Waals surface area contributed by atoms with E-state index in [0.717, 1.165) is 25.7 Å². The minimum absolute atomic E-state index is 0.0325. The summed E-state index contributed by atoms with van der Waals surface area (Å²) in [6.45, 7) is 20.5. The van der Waals surface area contributed by atoms with Crippen molar-refractivity contribution >= 4 is 23.8 Å². The molecule has 258 valence electrons. The van der Waals surface area contributed by atoms with Gasteiger partial charge in [0.05, 0.1) is 0 Å². The number of aliphatic hydroxyl groups excluding tert-OH is 2. The molecule has 2 saturated heterocycles. The fourth-order valence-corrected chi connectivity index (χ4v) is 7.72. The van der Waals surface area contributed by atoms with Gasteiger partial charge >= 0.3 is 0 Å². The van der Waals surface area contributed by atoms with E-state index in [0.29, 0.717) is 62.8 Å². The second-order valence-electron chi connectivity index (χ2n) is 15.5. The van der Waals surface area contributed by atoms with Crippen molar-refractivity contribution in [3.05, 3.63) is 12.7 Å². The molecular formula is C32H58N12O2. The van der Waals surface area contributed by atoms with Crippen molar-refractivity contribution in [2.75, 3.05) is 59.8 Å². The molecule has 46 heavy (non-hydrogen) atoms. The van der Waals surface area contributed by atoms with Crippen LogP contribution in [0.5, 0.6) is 0 Å². The van der Waals surface area contributed by atoms with Gasteiger partial charge in [0.1, 0.15) is 12.7 Å². The lowest BCUT2D eigenvalue weighted by atomic mass is 9.79. The molecule has 14 heteroatoms. The second kappa shape index (κ2) is 14.9. The highest BCUT2D eigenvalue weighted by Gasteiger charge is 2.42. The van der Waals surface area contributed by atoms with E-state index in [-0.39, 0.29) is 47.5 Å². The van der Waals surface area contributed by atoms with Gasteiger partial charge in [0, 0.05) is 73.6 Å². The van der Waals surface area contributed by atoms with Crippen molar-refractivity contribution in [3.63, 3.8) is 0 Å². The maximum absolute atomic E-state index is 9.61. The summed E-state index contributed by atoms with van der Waals surface area (Å²) in [5, 5.41) is 33.3. The Morgan fingerprint density at radius 3 is 1.30 bits per heavy atom. The highest BCUT2D eigenvalue weighted by Crippen LogP contribution is 2.34. The predicted molar refractivity (Wildman–Crippen MR) is 183 cm³/mol. The normalized spacial score (nSPS) is 20.7. The van der Waals surface area contributed by atoms with Crippen molar-refractivity contribution in [1.29, 1.82) is 0 Å². The van der Waals surface area contributed by atoms with Crippen molar-refractivity contribution in [1.82, 2.24) is 40.5 Å². The van der Waals surface area contributed by atoms with Gasteiger partial charge < -0.3 is 41.3 Å². The first-order valence-electron chi connectivity index (χ1n) is 16.8. The number of rotatable bonds is 15. The lowest BCUT2D eigenvalue weighted by Gasteiger charge is -2.49. The molecule has 0 unspecified atom stereocenters. The van der Waals surface area contributed by atoms with Crippen LogP contribution in [0.15, 0.2) is 12.7 Å². The van der Waals surface area contributed by atoms with E-state index in [1.165, 1.54) is 0 Å². The summed E-state index contributed by atoms with van der Waals surface area (Å²) < 4.78 is 0. The molecule has 14 nitrogen and oxygen atoms in total. The van der Waals surface area contributed by atoms with Crippen molar-refractivity contribution in [3.8, 4) is 0 Å². The number of hydrogen-bond acceptors (Lipinski definition) is 14. The number of nitrogens with zero attached hydrogens (tertiary/aromatic N) is 8. The lowest BCUT2D eigenvalue weighted by Crippen LogP contribution is -2.62. The Morgan fingerprint density at radius 1 is 0.630 bits per heavy atom. The van der Waals surface area contributed by atoms with Crippen LogP contribution < -0.4 is 31.1 Å². The van der Waals surface area contributed by atoms with Gasteiger partial charge in [-0.15, -0.1) is 0 Å². The Hall–Kier alpha value is -2.94. The third-order valence-electron chi connectivity index (χ3n) is 8.66. The summed E-state index contributed by atoms with van der Waals surface area (Å²) in [6, 6.07) is 0.457. The molecule has 0 aliphatic carbocycles. The molecule has 0 radical (unpaired) electrons. The lowest BCUT2D eigenvalue weighted by molar-refractivity contribution is 0.156. The summed E-state index contributed by atoms with van der Waals surface area (Å²) in [7, 11) is 0. The number of hydrogen-bond donors (Lipinski definition) is 6. The van der Waals surface area contributed by atoms with Crippen LogP contribution >= 0.6 is 0 Å². The maximum atomic E-state index is 9.61. The Bertz CT molecular complexity index is 1130. The summed E-state index contributed by atoms with van der Waals surface area (Å²) in [5.74, 6) is 2.23. The third kappa shape index (κ3) is 10.3. The first-order chi connectivity index (χ1) is 21.6. The van der Waals surface area contributed by atoms with Crippen molar-refractivity contribution < 1.29 is 10.2 Å². The fraction of sp³-hybridized carbons (Fsp3) is 0.812. The summed E-state index contributed by atoms with van der Waals surface area (Å²) in [4.78, 5) is 31.8. The van der Waals surface area contributed by atoms with Gasteiger partial charge in [0.2, 0.25) is 23.8 Å². The van der Waals surface area contributed by atoms with Crippen LogP contribution in [0, 0.1) is 0 Å². The molecule has 2 aliphatic heterocycles. The van der Waals surface area contributed by atoms with Gasteiger partial charge in [-0.25, -0.2) is 19.9 Å². The molecule has 0 saturated carbocycles. The molecular weight excluding hydrogens is 584 g/mol. The zero-order valence-electron chi connectivity index (χ0n) is 29.3. The van der Waals surface area contributed by atoms with E-state index in [9.17, 15) is 10.2 Å². The molecule has 0 spiro atoms. The van der Waals surface area contributed by atoms with Crippen LogP contribution in [0.1, 0.15) is 93.9 Å². The van der Waals surface area contributed by atoms with Gasteiger partial charge in [0.15, 0.2) is 0 Å². The van der Waals surface area contributed by atoms with Crippen LogP contribution in [-0.2, 0) is 0 Å². The van der Waals surface area contributed by atoms with Crippen molar-refractivity contribution in [2.45, 2.75) is 128 Å². The maximum Gasteiger partial charge on any atom is 0.230 e. The topological polar surface area (TPSA) is 172 Å². The molecule has 0 aromatic carbocycles. The van der Waals surface area contributed by atoms with E-state index in [1.807, 2.05) is 0 Å². The van der Waals surface area contributed by atoms with Gasteiger partial charge in [-0.1, -0.05) is 0 Å². The summed E-state index contributed by atoms with van der Waals surface area (Å²) in [6.07, 6.45) is 8.15. The van der Waals surface area contributed by atoms with Gasteiger partial charge in [-0.2, -0.15) is 9.97 Å². The molecule has 2 fully saturated rings. The van der Waals surface area contributed by atoms with E-state index in [4.69, 9.17) is 9.97 Å².